The smallest absolute Gasteiger partial charge is 0.239 e. The zero-order valence-electron chi connectivity index (χ0n) is 14.5. The minimum atomic E-state index is -0.0118. The third kappa shape index (κ3) is 6.43. The first-order valence-corrected chi connectivity index (χ1v) is 9.80. The van der Waals surface area contributed by atoms with Crippen LogP contribution >= 0.6 is 11.8 Å². The summed E-state index contributed by atoms with van der Waals surface area (Å²) in [7, 11) is 1.74. The van der Waals surface area contributed by atoms with Crippen LogP contribution in [0.25, 0.3) is 0 Å². The van der Waals surface area contributed by atoms with Crippen LogP contribution < -0.4 is 16.0 Å². The Morgan fingerprint density at radius 2 is 2.04 bits per heavy atom. The molecule has 1 amide bonds. The van der Waals surface area contributed by atoms with Crippen LogP contribution in [0.2, 0.25) is 0 Å². The van der Waals surface area contributed by atoms with Gasteiger partial charge in [-0.3, -0.25) is 9.79 Å². The normalized spacial score (nSPS) is 20.7. The van der Waals surface area contributed by atoms with Crippen molar-refractivity contribution in [1.29, 1.82) is 0 Å². The monoisotopic (exact) mass is 348 g/mol. The van der Waals surface area contributed by atoms with Gasteiger partial charge in [-0.25, -0.2) is 0 Å². The maximum absolute atomic E-state index is 11.9. The van der Waals surface area contributed by atoms with Gasteiger partial charge in [-0.2, -0.15) is 11.8 Å². The van der Waals surface area contributed by atoms with Gasteiger partial charge in [0.25, 0.3) is 0 Å². The average Bonchev–Trinajstić information content (AvgIpc) is 3.07. The maximum atomic E-state index is 11.9. The fraction of sp³-hybridized carbons (Fsp3) is 0.556. The second kappa shape index (κ2) is 10.2. The lowest BCUT2D eigenvalue weighted by molar-refractivity contribution is -0.119. The molecule has 6 heteroatoms. The number of aliphatic imine (C=N–C) groups is 1. The van der Waals surface area contributed by atoms with Crippen molar-refractivity contribution in [3.8, 4) is 0 Å². The quantitative estimate of drug-likeness (QED) is 0.519. The van der Waals surface area contributed by atoms with E-state index in [4.69, 9.17) is 0 Å². The van der Waals surface area contributed by atoms with Gasteiger partial charge in [-0.15, -0.1) is 0 Å². The predicted octanol–water partition coefficient (Wildman–Crippen LogP) is 1.79. The molecule has 0 saturated heterocycles. The highest BCUT2D eigenvalue weighted by Gasteiger charge is 2.24. The van der Waals surface area contributed by atoms with Crippen LogP contribution in [0.1, 0.15) is 24.8 Å². The third-order valence-corrected chi connectivity index (χ3v) is 5.37. The number of nitrogens with one attached hydrogen (secondary N) is 3. The Labute approximate surface area is 149 Å². The molecule has 3 N–H and O–H groups in total. The lowest BCUT2D eigenvalue weighted by Crippen LogP contribution is -2.46. The van der Waals surface area contributed by atoms with Crippen LogP contribution in [0.3, 0.4) is 0 Å². The molecular weight excluding hydrogens is 320 g/mol. The van der Waals surface area contributed by atoms with Gasteiger partial charge in [0.2, 0.25) is 5.91 Å². The highest BCUT2D eigenvalue weighted by molar-refractivity contribution is 7.99. The Kier molecular flexibility index (Phi) is 7.95. The van der Waals surface area contributed by atoms with E-state index in [9.17, 15) is 4.79 Å². The van der Waals surface area contributed by atoms with Gasteiger partial charge in [-0.05, 0) is 37.5 Å². The number of carbonyl (C=O) groups is 1. The molecule has 1 fully saturated rings. The van der Waals surface area contributed by atoms with Crippen LogP contribution in [0.4, 0.5) is 0 Å². The Balaban J connectivity index is 1.62. The second-order valence-electron chi connectivity index (χ2n) is 6.02. The van der Waals surface area contributed by atoms with E-state index in [1.54, 1.807) is 7.05 Å². The number of rotatable bonds is 7. The zero-order valence-corrected chi connectivity index (χ0v) is 15.4. The molecule has 0 radical (unpaired) electrons. The summed E-state index contributed by atoms with van der Waals surface area (Å²) in [5.74, 6) is 0.697. The number of benzene rings is 1. The van der Waals surface area contributed by atoms with Crippen molar-refractivity contribution < 1.29 is 4.79 Å². The summed E-state index contributed by atoms with van der Waals surface area (Å²) >= 11 is 1.93. The van der Waals surface area contributed by atoms with Crippen LogP contribution in [0.5, 0.6) is 0 Å². The van der Waals surface area contributed by atoms with E-state index in [0.29, 0.717) is 18.5 Å². The van der Waals surface area contributed by atoms with Gasteiger partial charge in [-0.1, -0.05) is 30.3 Å². The standard InChI is InChI=1S/C18H28N4OS/c1-19-18(22-15-8-9-16(12-15)24-2)21-13-17(23)20-11-10-14-6-4-3-5-7-14/h3-7,15-16H,8-13H2,1-2H3,(H,20,23)(H2,19,21,22). The van der Waals surface area contributed by atoms with E-state index in [0.717, 1.165) is 24.5 Å². The van der Waals surface area contributed by atoms with E-state index >= 15 is 0 Å². The number of guanidine groups is 1. The summed E-state index contributed by atoms with van der Waals surface area (Å²) in [4.78, 5) is 16.1. The SMILES string of the molecule is CN=C(NCC(=O)NCCc1ccccc1)NC1CCC(SC)C1. The second-order valence-corrected chi connectivity index (χ2v) is 7.16. The number of carbonyl (C=O) groups excluding carboxylic acids is 1. The van der Waals surface area contributed by atoms with E-state index < -0.39 is 0 Å². The van der Waals surface area contributed by atoms with Crippen molar-refractivity contribution in [2.75, 3.05) is 26.4 Å². The molecule has 0 heterocycles. The number of hydrogen-bond donors (Lipinski definition) is 3. The average molecular weight is 349 g/mol. The van der Waals surface area contributed by atoms with Gasteiger partial charge in [0.05, 0.1) is 6.54 Å². The lowest BCUT2D eigenvalue weighted by atomic mass is 10.1. The molecule has 2 atom stereocenters. The highest BCUT2D eigenvalue weighted by atomic mass is 32.2. The largest absolute Gasteiger partial charge is 0.354 e. The summed E-state index contributed by atoms with van der Waals surface area (Å²) in [5.41, 5.74) is 1.23. The van der Waals surface area contributed by atoms with Crippen LogP contribution in [0, 0.1) is 0 Å². The molecule has 0 spiro atoms. The molecule has 1 aliphatic rings. The van der Waals surface area contributed by atoms with E-state index in [1.807, 2.05) is 30.0 Å². The molecule has 2 rings (SSSR count). The molecule has 1 aromatic carbocycles. The molecular formula is C18H28N4OS. The summed E-state index contributed by atoms with van der Waals surface area (Å²) < 4.78 is 0. The maximum Gasteiger partial charge on any atom is 0.239 e. The molecule has 0 aromatic heterocycles. The Morgan fingerprint density at radius 3 is 2.71 bits per heavy atom. The molecule has 2 unspecified atom stereocenters. The van der Waals surface area contributed by atoms with Gasteiger partial charge in [0.15, 0.2) is 5.96 Å². The molecule has 0 bridgehead atoms. The summed E-state index contributed by atoms with van der Waals surface area (Å²) in [5, 5.41) is 10.2. The minimum Gasteiger partial charge on any atom is -0.354 e. The first kappa shape index (κ1) is 18.6. The van der Waals surface area contributed by atoms with Gasteiger partial charge >= 0.3 is 0 Å². The molecule has 1 saturated carbocycles. The first-order valence-electron chi connectivity index (χ1n) is 8.52. The number of thioether (sulfide) groups is 1. The van der Waals surface area contributed by atoms with Gasteiger partial charge < -0.3 is 16.0 Å². The van der Waals surface area contributed by atoms with Crippen molar-refractivity contribution in [2.24, 2.45) is 4.99 Å². The van der Waals surface area contributed by atoms with Crippen LogP contribution in [-0.2, 0) is 11.2 Å². The van der Waals surface area contributed by atoms with E-state index in [-0.39, 0.29) is 12.5 Å². The molecule has 1 aliphatic carbocycles. The fourth-order valence-corrected chi connectivity index (χ4v) is 3.69. The highest BCUT2D eigenvalue weighted by Crippen LogP contribution is 2.27. The van der Waals surface area contributed by atoms with Crippen molar-refractivity contribution in [1.82, 2.24) is 16.0 Å². The lowest BCUT2D eigenvalue weighted by Gasteiger charge is -2.17. The van der Waals surface area contributed by atoms with Crippen molar-refractivity contribution in [2.45, 2.75) is 37.0 Å². The van der Waals surface area contributed by atoms with Gasteiger partial charge in [0.1, 0.15) is 0 Å². The fourth-order valence-electron chi connectivity index (χ4n) is 2.89. The predicted molar refractivity (Wildman–Crippen MR) is 103 cm³/mol. The summed E-state index contributed by atoms with van der Waals surface area (Å²) in [6, 6.07) is 10.6. The first-order chi connectivity index (χ1) is 11.7. The summed E-state index contributed by atoms with van der Waals surface area (Å²) in [6.45, 7) is 0.891. The van der Waals surface area contributed by atoms with Crippen LogP contribution in [0.15, 0.2) is 35.3 Å². The number of hydrogen-bond acceptors (Lipinski definition) is 3. The molecule has 24 heavy (non-hydrogen) atoms. The zero-order chi connectivity index (χ0) is 17.2. The number of nitrogens with zero attached hydrogens (tertiary/aromatic N) is 1. The van der Waals surface area contributed by atoms with E-state index in [2.05, 4.69) is 39.3 Å². The third-order valence-electron chi connectivity index (χ3n) is 4.28. The van der Waals surface area contributed by atoms with Crippen LogP contribution in [-0.4, -0.2) is 49.6 Å². The van der Waals surface area contributed by atoms with Crippen molar-refractivity contribution in [3.63, 3.8) is 0 Å². The van der Waals surface area contributed by atoms with E-state index in [1.165, 1.54) is 12.0 Å². The Hall–Kier alpha value is -1.69. The molecule has 1 aromatic rings. The van der Waals surface area contributed by atoms with Crippen molar-refractivity contribution in [3.05, 3.63) is 35.9 Å². The number of amides is 1. The Morgan fingerprint density at radius 1 is 1.25 bits per heavy atom. The summed E-state index contributed by atoms with van der Waals surface area (Å²) in [6.07, 6.45) is 6.58. The topological polar surface area (TPSA) is 65.5 Å². The molecule has 0 aliphatic heterocycles. The van der Waals surface area contributed by atoms with Gasteiger partial charge in [0, 0.05) is 24.9 Å². The molecule has 132 valence electrons. The van der Waals surface area contributed by atoms with Crippen molar-refractivity contribution >= 4 is 23.6 Å². The minimum absolute atomic E-state index is 0.0118. The molecule has 5 nitrogen and oxygen atoms in total. The Bertz CT molecular complexity index is 535.